The minimum atomic E-state index is -0.0677. The van der Waals surface area contributed by atoms with Crippen LogP contribution in [0.2, 0.25) is 0 Å². The Balaban J connectivity index is 1.58. The first-order valence-electron chi connectivity index (χ1n) is 8.05. The Morgan fingerprint density at radius 1 is 1.11 bits per heavy atom. The number of nitrogens with zero attached hydrogens (tertiary/aromatic N) is 4. The minimum Gasteiger partial charge on any atom is -0.502 e. The molecule has 0 unspecified atom stereocenters. The van der Waals surface area contributed by atoms with Crippen LogP contribution >= 0.6 is 0 Å². The van der Waals surface area contributed by atoms with Crippen molar-refractivity contribution in [1.82, 2.24) is 20.2 Å². The number of rotatable bonds is 5. The number of aromatic nitrogens is 4. The van der Waals surface area contributed by atoms with Gasteiger partial charge >= 0.3 is 0 Å². The molecular formula is C18H16N6O3. The molecule has 27 heavy (non-hydrogen) atoms. The molecule has 2 aromatic heterocycles. The third-order valence-electron chi connectivity index (χ3n) is 4.00. The van der Waals surface area contributed by atoms with Crippen molar-refractivity contribution in [3.05, 3.63) is 42.0 Å². The molecule has 0 aliphatic carbocycles. The fraction of sp³-hybridized carbons (Fsp3) is 0.111. The van der Waals surface area contributed by atoms with Gasteiger partial charge in [0.25, 0.3) is 5.95 Å². The number of anilines is 1. The summed E-state index contributed by atoms with van der Waals surface area (Å²) in [5.74, 6) is 0.756. The van der Waals surface area contributed by atoms with E-state index in [1.54, 1.807) is 12.1 Å². The molecule has 0 bridgehead atoms. The van der Waals surface area contributed by atoms with Gasteiger partial charge in [-0.3, -0.25) is 0 Å². The van der Waals surface area contributed by atoms with E-state index in [0.717, 1.165) is 10.9 Å². The van der Waals surface area contributed by atoms with Crippen LogP contribution in [0, 0.1) is 0 Å². The molecule has 2 heterocycles. The van der Waals surface area contributed by atoms with E-state index >= 15 is 0 Å². The van der Waals surface area contributed by atoms with E-state index in [0.29, 0.717) is 16.7 Å². The number of H-pyrrole nitrogens is 1. The number of nitrogens with one attached hydrogen (secondary N) is 2. The number of phenolic OH excluding ortho intramolecular Hbond substituents is 1. The van der Waals surface area contributed by atoms with Gasteiger partial charge in [-0.05, 0) is 18.2 Å². The van der Waals surface area contributed by atoms with Crippen LogP contribution in [-0.4, -0.2) is 45.7 Å². The van der Waals surface area contributed by atoms with Gasteiger partial charge in [0, 0.05) is 16.5 Å². The second-order valence-electron chi connectivity index (χ2n) is 5.65. The molecule has 4 aromatic rings. The number of methoxy groups -OCH3 is 2. The Hall–Kier alpha value is -3.88. The fourth-order valence-electron chi connectivity index (χ4n) is 2.72. The van der Waals surface area contributed by atoms with Crippen LogP contribution in [0.25, 0.3) is 22.1 Å². The lowest BCUT2D eigenvalue weighted by Crippen LogP contribution is -1.99. The van der Waals surface area contributed by atoms with Crippen molar-refractivity contribution >= 4 is 34.2 Å². The molecule has 0 saturated carbocycles. The zero-order valence-electron chi connectivity index (χ0n) is 14.6. The quantitative estimate of drug-likeness (QED) is 0.368. The van der Waals surface area contributed by atoms with Crippen molar-refractivity contribution in [3.8, 4) is 17.2 Å². The maximum Gasteiger partial charge on any atom is 0.265 e. The summed E-state index contributed by atoms with van der Waals surface area (Å²) in [7, 11) is 2.92. The Kier molecular flexibility index (Phi) is 4.17. The molecule has 0 amide bonds. The van der Waals surface area contributed by atoms with Gasteiger partial charge in [0.15, 0.2) is 17.1 Å². The third-order valence-corrected chi connectivity index (χ3v) is 4.00. The number of fused-ring (bicyclic) bond motifs is 3. The molecule has 9 nitrogen and oxygen atoms in total. The number of aromatic hydroxyl groups is 1. The smallest absolute Gasteiger partial charge is 0.265 e. The molecule has 0 saturated heterocycles. The number of hydrogen-bond donors (Lipinski definition) is 3. The predicted molar refractivity (Wildman–Crippen MR) is 102 cm³/mol. The van der Waals surface area contributed by atoms with Crippen molar-refractivity contribution < 1.29 is 14.6 Å². The Morgan fingerprint density at radius 3 is 2.59 bits per heavy atom. The van der Waals surface area contributed by atoms with Gasteiger partial charge in [0.1, 0.15) is 5.52 Å². The highest BCUT2D eigenvalue weighted by Crippen LogP contribution is 2.36. The van der Waals surface area contributed by atoms with Crippen molar-refractivity contribution in [1.29, 1.82) is 0 Å². The van der Waals surface area contributed by atoms with Crippen LogP contribution in [0.4, 0.5) is 5.95 Å². The number of aromatic amines is 1. The number of hydrogen-bond acceptors (Lipinski definition) is 8. The molecule has 0 spiro atoms. The van der Waals surface area contributed by atoms with Gasteiger partial charge in [-0.2, -0.15) is 10.1 Å². The molecule has 0 aliphatic heterocycles. The van der Waals surface area contributed by atoms with Gasteiger partial charge in [0.05, 0.1) is 20.4 Å². The third kappa shape index (κ3) is 3.06. The summed E-state index contributed by atoms with van der Waals surface area (Å²) >= 11 is 0. The highest BCUT2D eigenvalue weighted by Gasteiger charge is 2.11. The number of para-hydroxylation sites is 1. The van der Waals surface area contributed by atoms with Crippen molar-refractivity contribution in [2.75, 3.05) is 19.6 Å². The monoisotopic (exact) mass is 364 g/mol. The lowest BCUT2D eigenvalue weighted by atomic mass is 10.2. The zero-order chi connectivity index (χ0) is 18.8. The maximum absolute atomic E-state index is 9.94. The fourth-order valence-corrected chi connectivity index (χ4v) is 2.72. The van der Waals surface area contributed by atoms with Crippen molar-refractivity contribution in [2.45, 2.75) is 0 Å². The first-order chi connectivity index (χ1) is 13.2. The summed E-state index contributed by atoms with van der Waals surface area (Å²) in [5, 5.41) is 23.3. The standard InChI is InChI=1S/C18H16N6O3/c1-26-13-7-10(8-14(27-2)16(13)25)9-19-23-18-21-17-15(22-24-18)11-5-3-4-6-12(11)20-17/h3-9,25H,1-2H3,(H2,20,21,23,24). The average molecular weight is 364 g/mol. The summed E-state index contributed by atoms with van der Waals surface area (Å²) in [6, 6.07) is 11.0. The van der Waals surface area contributed by atoms with Crippen molar-refractivity contribution in [2.24, 2.45) is 5.10 Å². The molecule has 0 aliphatic rings. The molecule has 9 heteroatoms. The van der Waals surface area contributed by atoms with Gasteiger partial charge in [-0.25, -0.2) is 5.43 Å². The maximum atomic E-state index is 9.94. The molecular weight excluding hydrogens is 348 g/mol. The van der Waals surface area contributed by atoms with Gasteiger partial charge in [-0.1, -0.05) is 18.2 Å². The van der Waals surface area contributed by atoms with Crippen LogP contribution < -0.4 is 14.9 Å². The lowest BCUT2D eigenvalue weighted by molar-refractivity contribution is 0.340. The zero-order valence-corrected chi connectivity index (χ0v) is 14.6. The number of hydrazone groups is 1. The largest absolute Gasteiger partial charge is 0.502 e. The van der Waals surface area contributed by atoms with Gasteiger partial charge < -0.3 is 19.6 Å². The second kappa shape index (κ2) is 6.79. The van der Waals surface area contributed by atoms with E-state index in [4.69, 9.17) is 9.47 Å². The summed E-state index contributed by atoms with van der Waals surface area (Å²) < 4.78 is 10.2. The van der Waals surface area contributed by atoms with Gasteiger partial charge in [0.2, 0.25) is 5.75 Å². The molecule has 3 N–H and O–H groups in total. The predicted octanol–water partition coefficient (Wildman–Crippen LogP) is 2.67. The molecule has 136 valence electrons. The SMILES string of the molecule is COc1cc(C=NNc2nnc3c(n2)[nH]c2ccccc23)cc(OC)c1O. The Morgan fingerprint density at radius 2 is 1.85 bits per heavy atom. The van der Waals surface area contributed by atoms with Gasteiger partial charge in [-0.15, -0.1) is 10.2 Å². The van der Waals surface area contributed by atoms with Crippen LogP contribution in [0.5, 0.6) is 17.2 Å². The minimum absolute atomic E-state index is 0.0677. The van der Waals surface area contributed by atoms with E-state index in [1.807, 2.05) is 24.3 Å². The highest BCUT2D eigenvalue weighted by atomic mass is 16.5. The van der Waals surface area contributed by atoms with E-state index in [9.17, 15) is 5.11 Å². The van der Waals surface area contributed by atoms with E-state index in [1.165, 1.54) is 20.4 Å². The molecule has 0 radical (unpaired) electrons. The summed E-state index contributed by atoms with van der Waals surface area (Å²) in [4.78, 5) is 7.58. The van der Waals surface area contributed by atoms with Crippen LogP contribution in [0.15, 0.2) is 41.5 Å². The molecule has 4 rings (SSSR count). The normalized spacial score (nSPS) is 11.3. The Labute approximate surface area is 153 Å². The average Bonchev–Trinajstić information content (AvgIpc) is 3.06. The first kappa shape index (κ1) is 16.6. The van der Waals surface area contributed by atoms with E-state index < -0.39 is 0 Å². The number of ether oxygens (including phenoxy) is 2. The summed E-state index contributed by atoms with van der Waals surface area (Å²) in [5.41, 5.74) is 5.67. The highest BCUT2D eigenvalue weighted by molar-refractivity contribution is 6.03. The Bertz CT molecular complexity index is 1130. The number of phenols is 1. The molecule has 0 fully saturated rings. The van der Waals surface area contributed by atoms with Crippen LogP contribution in [-0.2, 0) is 0 Å². The topological polar surface area (TPSA) is 118 Å². The number of benzene rings is 2. The summed E-state index contributed by atoms with van der Waals surface area (Å²) in [6.45, 7) is 0. The molecule has 0 atom stereocenters. The lowest BCUT2D eigenvalue weighted by Gasteiger charge is -2.09. The van der Waals surface area contributed by atoms with Crippen molar-refractivity contribution in [3.63, 3.8) is 0 Å². The molecule has 2 aromatic carbocycles. The van der Waals surface area contributed by atoms with Crippen LogP contribution in [0.3, 0.4) is 0 Å². The summed E-state index contributed by atoms with van der Waals surface area (Å²) in [6.07, 6.45) is 1.53. The van der Waals surface area contributed by atoms with E-state index in [2.05, 4.69) is 30.7 Å². The van der Waals surface area contributed by atoms with Crippen LogP contribution in [0.1, 0.15) is 5.56 Å². The van der Waals surface area contributed by atoms with E-state index in [-0.39, 0.29) is 23.2 Å². The second-order valence-corrected chi connectivity index (χ2v) is 5.65. The first-order valence-corrected chi connectivity index (χ1v) is 8.05.